The fourth-order valence-corrected chi connectivity index (χ4v) is 2.93. The summed E-state index contributed by atoms with van der Waals surface area (Å²) in [7, 11) is 0. The number of rotatable bonds is 6. The SMILES string of the molecule is FC(F)COc1cn2c(-c3cccc(NC4CCNC4)n3)cnc2cn1. The Hall–Kier alpha value is -2.81. The number of fused-ring (bicyclic) bond motifs is 1. The van der Waals surface area contributed by atoms with Crippen LogP contribution in [0.2, 0.25) is 0 Å². The van der Waals surface area contributed by atoms with E-state index >= 15 is 0 Å². The number of aromatic nitrogens is 4. The molecular formula is C17H18F2N6O. The van der Waals surface area contributed by atoms with Gasteiger partial charge < -0.3 is 15.4 Å². The molecule has 4 heterocycles. The van der Waals surface area contributed by atoms with E-state index in [0.29, 0.717) is 11.7 Å². The van der Waals surface area contributed by atoms with Crippen molar-refractivity contribution < 1.29 is 13.5 Å². The number of ether oxygens (including phenoxy) is 1. The van der Waals surface area contributed by atoms with Gasteiger partial charge in [0.25, 0.3) is 6.43 Å². The molecule has 136 valence electrons. The molecule has 26 heavy (non-hydrogen) atoms. The van der Waals surface area contributed by atoms with Gasteiger partial charge in [0.1, 0.15) is 5.82 Å². The Morgan fingerprint density at radius 1 is 1.31 bits per heavy atom. The van der Waals surface area contributed by atoms with Gasteiger partial charge in [-0.25, -0.2) is 23.7 Å². The summed E-state index contributed by atoms with van der Waals surface area (Å²) >= 11 is 0. The number of anilines is 1. The maximum atomic E-state index is 12.3. The van der Waals surface area contributed by atoms with Gasteiger partial charge in [-0.2, -0.15) is 0 Å². The van der Waals surface area contributed by atoms with Gasteiger partial charge >= 0.3 is 0 Å². The van der Waals surface area contributed by atoms with Crippen LogP contribution in [-0.4, -0.2) is 51.5 Å². The number of nitrogens with zero attached hydrogens (tertiary/aromatic N) is 4. The summed E-state index contributed by atoms with van der Waals surface area (Å²) in [6, 6.07) is 6.08. The molecule has 7 nitrogen and oxygen atoms in total. The number of alkyl halides is 2. The van der Waals surface area contributed by atoms with E-state index in [-0.39, 0.29) is 5.88 Å². The normalized spacial score (nSPS) is 17.1. The highest BCUT2D eigenvalue weighted by Crippen LogP contribution is 2.22. The lowest BCUT2D eigenvalue weighted by atomic mass is 10.2. The zero-order chi connectivity index (χ0) is 17.9. The third-order valence-corrected chi connectivity index (χ3v) is 4.15. The topological polar surface area (TPSA) is 76.4 Å². The summed E-state index contributed by atoms with van der Waals surface area (Å²) in [4.78, 5) is 12.9. The highest BCUT2D eigenvalue weighted by atomic mass is 19.3. The maximum Gasteiger partial charge on any atom is 0.272 e. The van der Waals surface area contributed by atoms with Crippen LogP contribution in [0.5, 0.6) is 5.88 Å². The predicted molar refractivity (Wildman–Crippen MR) is 92.6 cm³/mol. The Morgan fingerprint density at radius 3 is 3.04 bits per heavy atom. The van der Waals surface area contributed by atoms with Crippen LogP contribution in [0.3, 0.4) is 0 Å². The van der Waals surface area contributed by atoms with Gasteiger partial charge in [0.05, 0.1) is 30.0 Å². The minimum atomic E-state index is -2.55. The van der Waals surface area contributed by atoms with E-state index in [1.54, 1.807) is 16.8 Å². The molecule has 4 rings (SSSR count). The third-order valence-electron chi connectivity index (χ3n) is 4.15. The molecule has 1 aliphatic rings. The largest absolute Gasteiger partial charge is 0.471 e. The Labute approximate surface area is 148 Å². The number of nitrogens with one attached hydrogen (secondary N) is 2. The van der Waals surface area contributed by atoms with Crippen LogP contribution in [0.1, 0.15) is 6.42 Å². The van der Waals surface area contributed by atoms with Crippen LogP contribution < -0.4 is 15.4 Å². The zero-order valence-electron chi connectivity index (χ0n) is 13.9. The maximum absolute atomic E-state index is 12.3. The van der Waals surface area contributed by atoms with Crippen molar-refractivity contribution in [3.63, 3.8) is 0 Å². The molecule has 1 unspecified atom stereocenters. The fourth-order valence-electron chi connectivity index (χ4n) is 2.93. The molecule has 3 aromatic heterocycles. The second-order valence-corrected chi connectivity index (χ2v) is 6.04. The molecule has 0 amide bonds. The van der Waals surface area contributed by atoms with Crippen LogP contribution in [-0.2, 0) is 0 Å². The monoisotopic (exact) mass is 360 g/mol. The molecule has 0 aliphatic carbocycles. The van der Waals surface area contributed by atoms with Crippen LogP contribution in [0, 0.1) is 0 Å². The molecule has 1 aliphatic heterocycles. The van der Waals surface area contributed by atoms with Crippen LogP contribution in [0.25, 0.3) is 17.0 Å². The molecule has 9 heteroatoms. The molecule has 0 saturated carbocycles. The van der Waals surface area contributed by atoms with E-state index in [9.17, 15) is 8.78 Å². The quantitative estimate of drug-likeness (QED) is 0.702. The Morgan fingerprint density at radius 2 is 2.23 bits per heavy atom. The lowest BCUT2D eigenvalue weighted by Crippen LogP contribution is -2.22. The number of imidazole rings is 1. The minimum Gasteiger partial charge on any atom is -0.471 e. The van der Waals surface area contributed by atoms with E-state index < -0.39 is 13.0 Å². The molecule has 1 saturated heterocycles. The van der Waals surface area contributed by atoms with E-state index in [2.05, 4.69) is 25.6 Å². The predicted octanol–water partition coefficient (Wildman–Crippen LogP) is 2.21. The number of pyridine rings is 1. The second-order valence-electron chi connectivity index (χ2n) is 6.04. The summed E-state index contributed by atoms with van der Waals surface area (Å²) in [5.41, 5.74) is 2.04. The summed E-state index contributed by atoms with van der Waals surface area (Å²) in [5, 5.41) is 6.72. The van der Waals surface area contributed by atoms with Gasteiger partial charge in [-0.1, -0.05) is 6.07 Å². The van der Waals surface area contributed by atoms with Gasteiger partial charge in [0.2, 0.25) is 5.88 Å². The van der Waals surface area contributed by atoms with Crippen molar-refractivity contribution in [2.45, 2.75) is 18.9 Å². The number of hydrogen-bond acceptors (Lipinski definition) is 6. The lowest BCUT2D eigenvalue weighted by molar-refractivity contribution is 0.0793. The van der Waals surface area contributed by atoms with Gasteiger partial charge in [-0.3, -0.25) is 4.40 Å². The summed E-state index contributed by atoms with van der Waals surface area (Å²) < 4.78 is 31.4. The molecule has 1 atom stereocenters. The molecule has 1 fully saturated rings. The average molecular weight is 360 g/mol. The first-order chi connectivity index (χ1) is 12.7. The van der Waals surface area contributed by atoms with Crippen molar-refractivity contribution in [1.82, 2.24) is 24.7 Å². The van der Waals surface area contributed by atoms with Crippen molar-refractivity contribution in [1.29, 1.82) is 0 Å². The molecule has 0 radical (unpaired) electrons. The molecule has 2 N–H and O–H groups in total. The van der Waals surface area contributed by atoms with Crippen molar-refractivity contribution in [2.24, 2.45) is 0 Å². The lowest BCUT2D eigenvalue weighted by Gasteiger charge is -2.12. The van der Waals surface area contributed by atoms with Crippen LogP contribution in [0.4, 0.5) is 14.6 Å². The van der Waals surface area contributed by atoms with Crippen molar-refractivity contribution in [2.75, 3.05) is 25.0 Å². The second kappa shape index (κ2) is 7.20. The van der Waals surface area contributed by atoms with Gasteiger partial charge in [0, 0.05) is 12.6 Å². The van der Waals surface area contributed by atoms with Crippen molar-refractivity contribution in [3.05, 3.63) is 36.8 Å². The highest BCUT2D eigenvalue weighted by Gasteiger charge is 2.15. The molecule has 3 aromatic rings. The minimum absolute atomic E-state index is 0.114. The highest BCUT2D eigenvalue weighted by molar-refractivity contribution is 5.61. The third kappa shape index (κ3) is 3.57. The molecule has 0 bridgehead atoms. The summed E-state index contributed by atoms with van der Waals surface area (Å²) in [6.45, 7) is 1.21. The smallest absolute Gasteiger partial charge is 0.272 e. The standard InChI is InChI=1S/C17H18F2N6O/c18-14(19)10-26-17-9-25-13(7-21-16(25)8-22-17)12-2-1-3-15(24-12)23-11-4-5-20-6-11/h1-3,7-9,11,14,20H,4-6,10H2,(H,23,24). The van der Waals surface area contributed by atoms with Gasteiger partial charge in [-0.05, 0) is 25.1 Å². The first-order valence-corrected chi connectivity index (χ1v) is 8.38. The van der Waals surface area contributed by atoms with E-state index in [1.165, 1.54) is 6.20 Å². The fraction of sp³-hybridized carbons (Fsp3) is 0.353. The Bertz CT molecular complexity index is 894. The first kappa shape index (κ1) is 16.6. The first-order valence-electron chi connectivity index (χ1n) is 8.38. The van der Waals surface area contributed by atoms with Crippen LogP contribution in [0.15, 0.2) is 36.8 Å². The van der Waals surface area contributed by atoms with E-state index in [1.807, 2.05) is 18.2 Å². The average Bonchev–Trinajstić information content (AvgIpc) is 3.29. The Kier molecular flexibility index (Phi) is 4.61. The van der Waals surface area contributed by atoms with Gasteiger partial charge in [-0.15, -0.1) is 0 Å². The van der Waals surface area contributed by atoms with E-state index in [0.717, 1.165) is 36.7 Å². The molecule has 0 aromatic carbocycles. The Balaban J connectivity index is 1.62. The van der Waals surface area contributed by atoms with E-state index in [4.69, 9.17) is 4.74 Å². The number of hydrogen-bond donors (Lipinski definition) is 2. The summed E-state index contributed by atoms with van der Waals surface area (Å²) in [5.74, 6) is 0.901. The van der Waals surface area contributed by atoms with Crippen molar-refractivity contribution >= 4 is 11.5 Å². The zero-order valence-corrected chi connectivity index (χ0v) is 13.9. The van der Waals surface area contributed by atoms with Gasteiger partial charge in [0.15, 0.2) is 12.3 Å². The van der Waals surface area contributed by atoms with Crippen LogP contribution >= 0.6 is 0 Å². The number of halogens is 2. The molecule has 0 spiro atoms. The van der Waals surface area contributed by atoms with Crippen molar-refractivity contribution in [3.8, 4) is 17.3 Å². The molecular weight excluding hydrogens is 342 g/mol. The summed E-state index contributed by atoms with van der Waals surface area (Å²) in [6.07, 6.45) is 3.21.